The summed E-state index contributed by atoms with van der Waals surface area (Å²) >= 11 is 6.44. The maximum absolute atomic E-state index is 13.4. The molecule has 1 spiro atoms. The Bertz CT molecular complexity index is 1600. The molecule has 2 aliphatic heterocycles. The first-order valence-corrected chi connectivity index (χ1v) is 17.4. The third-order valence-corrected chi connectivity index (χ3v) is 12.4. The van der Waals surface area contributed by atoms with Crippen molar-refractivity contribution in [3.8, 4) is 5.75 Å². The molecule has 1 aromatic heterocycles. The van der Waals surface area contributed by atoms with Crippen LogP contribution in [0.5, 0.6) is 5.75 Å². The van der Waals surface area contributed by atoms with Crippen molar-refractivity contribution in [3.05, 3.63) is 82.2 Å². The molecule has 3 aromatic rings. The van der Waals surface area contributed by atoms with Crippen molar-refractivity contribution >= 4 is 34.2 Å². The van der Waals surface area contributed by atoms with Crippen molar-refractivity contribution < 1.29 is 13.7 Å². The Morgan fingerprint density at radius 2 is 2.05 bits per heavy atom. The summed E-state index contributed by atoms with van der Waals surface area (Å²) in [6.07, 6.45) is 12.5. The van der Waals surface area contributed by atoms with Crippen LogP contribution in [0.1, 0.15) is 79.0 Å². The number of nitrogens with one attached hydrogen (secondary N) is 2. The van der Waals surface area contributed by atoms with Crippen molar-refractivity contribution in [1.29, 1.82) is 0 Å². The monoisotopic (exact) mass is 633 g/mol. The van der Waals surface area contributed by atoms with Gasteiger partial charge in [0.05, 0.1) is 29.4 Å². The molecule has 7 atom stereocenters. The zero-order valence-electron chi connectivity index (χ0n) is 25.3. The number of carbonyl (C=O) groups is 1. The number of hydrogen-bond acceptors (Lipinski definition) is 6. The van der Waals surface area contributed by atoms with Crippen molar-refractivity contribution in [2.45, 2.75) is 69.0 Å². The molecule has 44 heavy (non-hydrogen) atoms. The summed E-state index contributed by atoms with van der Waals surface area (Å²) in [5.74, 6) is 1.58. The molecule has 2 aromatic carbocycles. The Kier molecular flexibility index (Phi) is 8.04. The van der Waals surface area contributed by atoms with Crippen molar-refractivity contribution in [1.82, 2.24) is 20.1 Å². The number of amides is 1. The lowest BCUT2D eigenvalue weighted by molar-refractivity contribution is 0.0982. The van der Waals surface area contributed by atoms with Gasteiger partial charge in [0.15, 0.2) is 0 Å². The van der Waals surface area contributed by atoms with E-state index >= 15 is 0 Å². The third-order valence-electron chi connectivity index (χ3n) is 10.7. The number of ether oxygens (including phenoxy) is 1. The van der Waals surface area contributed by atoms with Crippen LogP contribution in [-0.4, -0.2) is 50.5 Å². The zero-order valence-corrected chi connectivity index (χ0v) is 26.9. The largest absolute Gasteiger partial charge is 0.490 e. The van der Waals surface area contributed by atoms with Crippen LogP contribution in [0.15, 0.2) is 54.7 Å². The number of H-pyrrole nitrogens is 1. The van der Waals surface area contributed by atoms with Crippen LogP contribution in [0.4, 0.5) is 5.69 Å². The van der Waals surface area contributed by atoms with E-state index in [2.05, 4.69) is 56.2 Å². The smallest absolute Gasteiger partial charge is 0.263 e. The molecule has 6 unspecified atom stereocenters. The van der Waals surface area contributed by atoms with Gasteiger partial charge in [-0.2, -0.15) is 15.4 Å². The lowest BCUT2D eigenvalue weighted by atomic mass is 9.65. The summed E-state index contributed by atoms with van der Waals surface area (Å²) in [4.78, 5) is 15.9. The van der Waals surface area contributed by atoms with E-state index in [0.29, 0.717) is 24.0 Å². The number of nitrogens with zero attached hydrogens (tertiary/aromatic N) is 3. The normalized spacial score (nSPS) is 32.8. The molecule has 2 bridgehead atoms. The molecule has 3 heterocycles. The number of hydrogen-bond donors (Lipinski definition) is 2. The standard InChI is InChI=1S/C34H40ClN5O3S/c1-21-5-3-7-28(30-17-36-39-37-30)27-11-8-25(27)18-40-19-34(14-4-6-23-15-26(35)10-12-29(23)34)20-43-32-13-9-24(16-31(32)40)33(41)38-44(42)22(21)2/h3,7,9-10,12-13,15-17,21-22,25,27-28H,4-6,8,11,14,18-20H2,1-2H3,(H,38,41)(H,36,37,39)/b7-3+/t21?,22?,25?,27?,28?,34-,44?/m0/s1. The number of benzene rings is 2. The van der Waals surface area contributed by atoms with Crippen LogP contribution in [-0.2, 0) is 22.8 Å². The first kappa shape index (κ1) is 29.5. The van der Waals surface area contributed by atoms with Gasteiger partial charge < -0.3 is 9.64 Å². The number of halogens is 1. The van der Waals surface area contributed by atoms with E-state index in [0.717, 1.165) is 73.8 Å². The maximum Gasteiger partial charge on any atom is 0.263 e. The van der Waals surface area contributed by atoms with E-state index in [1.807, 2.05) is 31.3 Å². The minimum atomic E-state index is -1.52. The van der Waals surface area contributed by atoms with Crippen LogP contribution in [0.3, 0.4) is 0 Å². The van der Waals surface area contributed by atoms with Gasteiger partial charge in [-0.25, -0.2) is 4.21 Å². The Balaban J connectivity index is 1.31. The molecule has 7 rings (SSSR count). The molecule has 1 fully saturated rings. The molecule has 10 heteroatoms. The number of fused-ring (bicyclic) bond motifs is 4. The highest BCUT2D eigenvalue weighted by atomic mass is 35.5. The molecule has 0 saturated heterocycles. The molecule has 2 N–H and O–H groups in total. The van der Waals surface area contributed by atoms with Crippen LogP contribution in [0.25, 0.3) is 0 Å². The van der Waals surface area contributed by atoms with Crippen LogP contribution in [0, 0.1) is 17.8 Å². The van der Waals surface area contributed by atoms with Gasteiger partial charge >= 0.3 is 0 Å². The molecular formula is C34H40ClN5O3S. The number of anilines is 1. The lowest BCUT2D eigenvalue weighted by Crippen LogP contribution is -2.49. The Morgan fingerprint density at radius 3 is 2.84 bits per heavy atom. The minimum Gasteiger partial charge on any atom is -0.490 e. The van der Waals surface area contributed by atoms with E-state index in [4.69, 9.17) is 16.3 Å². The van der Waals surface area contributed by atoms with E-state index < -0.39 is 11.0 Å². The number of aromatic nitrogens is 3. The fourth-order valence-corrected chi connectivity index (χ4v) is 8.96. The fourth-order valence-electron chi connectivity index (χ4n) is 7.75. The quantitative estimate of drug-likeness (QED) is 0.313. The van der Waals surface area contributed by atoms with E-state index in [1.54, 1.807) is 6.07 Å². The summed E-state index contributed by atoms with van der Waals surface area (Å²) in [7, 11) is -1.52. The molecule has 2 aliphatic carbocycles. The van der Waals surface area contributed by atoms with Gasteiger partial charge in [-0.05, 0) is 105 Å². The molecule has 4 aliphatic rings. The molecular weight excluding hydrogens is 594 g/mol. The predicted octanol–water partition coefficient (Wildman–Crippen LogP) is 6.12. The van der Waals surface area contributed by atoms with E-state index in [1.165, 1.54) is 11.1 Å². The van der Waals surface area contributed by atoms with Gasteiger partial charge in [0.25, 0.3) is 5.91 Å². The fraction of sp³-hybridized carbons (Fsp3) is 0.500. The zero-order chi connectivity index (χ0) is 30.4. The summed E-state index contributed by atoms with van der Waals surface area (Å²) < 4.78 is 22.7. The van der Waals surface area contributed by atoms with Crippen LogP contribution >= 0.6 is 11.6 Å². The van der Waals surface area contributed by atoms with Gasteiger partial charge in [-0.1, -0.05) is 36.7 Å². The van der Waals surface area contributed by atoms with Gasteiger partial charge in [0.2, 0.25) is 0 Å². The summed E-state index contributed by atoms with van der Waals surface area (Å²) in [5.41, 5.74) is 4.81. The van der Waals surface area contributed by atoms with Crippen LogP contribution < -0.4 is 14.4 Å². The topological polar surface area (TPSA) is 100 Å². The van der Waals surface area contributed by atoms with Gasteiger partial charge in [-0.3, -0.25) is 9.52 Å². The minimum absolute atomic E-state index is 0.121. The molecule has 0 radical (unpaired) electrons. The third kappa shape index (κ3) is 5.47. The average molecular weight is 634 g/mol. The molecule has 8 nitrogen and oxygen atoms in total. The average Bonchev–Trinajstić information content (AvgIpc) is 3.50. The summed E-state index contributed by atoms with van der Waals surface area (Å²) in [5, 5.41) is 12.0. The van der Waals surface area contributed by atoms with E-state index in [9.17, 15) is 9.00 Å². The highest BCUT2D eigenvalue weighted by molar-refractivity contribution is 7.84. The summed E-state index contributed by atoms with van der Waals surface area (Å²) in [6.45, 7) is 6.22. The van der Waals surface area contributed by atoms with E-state index in [-0.39, 0.29) is 28.4 Å². The second kappa shape index (κ2) is 12.0. The number of aryl methyl sites for hydroxylation is 1. The lowest BCUT2D eigenvalue weighted by Gasteiger charge is -2.46. The Hall–Kier alpha value is -3.17. The predicted molar refractivity (Wildman–Crippen MR) is 174 cm³/mol. The second-order valence-corrected chi connectivity index (χ2v) is 15.3. The SMILES string of the molecule is CC1C/C=C/C(c2cn[nH]n2)C2CCC2CN2C[C@@]3(CCCc4cc(Cl)ccc43)COc3ccc(cc32)C(=O)NS(=O)C1C. The second-order valence-electron chi connectivity index (χ2n) is 13.3. The van der Waals surface area contributed by atoms with Gasteiger partial charge in [-0.15, -0.1) is 0 Å². The molecule has 232 valence electrons. The Labute approximate surface area is 266 Å². The molecule has 1 saturated carbocycles. The van der Waals surface area contributed by atoms with Crippen molar-refractivity contribution in [3.63, 3.8) is 0 Å². The number of rotatable bonds is 1. The number of carbonyl (C=O) groups excluding carboxylic acids is 1. The number of allylic oxidation sites excluding steroid dienone is 2. The highest BCUT2D eigenvalue weighted by Gasteiger charge is 2.44. The van der Waals surface area contributed by atoms with Crippen LogP contribution in [0.2, 0.25) is 5.02 Å². The Morgan fingerprint density at radius 1 is 1.16 bits per heavy atom. The first-order chi connectivity index (χ1) is 21.3. The number of aromatic amines is 1. The first-order valence-electron chi connectivity index (χ1n) is 15.9. The van der Waals surface area contributed by atoms with Crippen molar-refractivity contribution in [2.75, 3.05) is 24.6 Å². The van der Waals surface area contributed by atoms with Gasteiger partial charge in [0, 0.05) is 35.0 Å². The summed E-state index contributed by atoms with van der Waals surface area (Å²) in [6, 6.07) is 12.0. The van der Waals surface area contributed by atoms with Crippen molar-refractivity contribution in [2.24, 2.45) is 17.8 Å². The van der Waals surface area contributed by atoms with Gasteiger partial charge in [0.1, 0.15) is 16.7 Å². The highest BCUT2D eigenvalue weighted by Crippen LogP contribution is 2.49. The maximum atomic E-state index is 13.4. The molecule has 1 amide bonds.